The van der Waals surface area contributed by atoms with Gasteiger partial charge in [-0.2, -0.15) is 0 Å². The minimum Gasteiger partial charge on any atom is -0.497 e. The number of fused-ring (bicyclic) bond motifs is 4. The van der Waals surface area contributed by atoms with Gasteiger partial charge >= 0.3 is 11.7 Å². The van der Waals surface area contributed by atoms with Crippen LogP contribution in [0.25, 0.3) is 21.7 Å². The van der Waals surface area contributed by atoms with Gasteiger partial charge in [-0.1, -0.05) is 0 Å². The first kappa shape index (κ1) is 17.9. The van der Waals surface area contributed by atoms with Crippen molar-refractivity contribution in [3.8, 4) is 17.2 Å². The first-order valence-electron chi connectivity index (χ1n) is 9.13. The van der Waals surface area contributed by atoms with Gasteiger partial charge in [-0.15, -0.1) is 0 Å². The summed E-state index contributed by atoms with van der Waals surface area (Å²) in [6.07, 6.45) is 0. The van der Waals surface area contributed by atoms with Gasteiger partial charge in [-0.25, -0.2) is 9.59 Å². The third-order valence-electron chi connectivity index (χ3n) is 4.81. The molecule has 0 radical (unpaired) electrons. The highest BCUT2D eigenvalue weighted by atomic mass is 16.7. The normalized spacial score (nSPS) is 12.2. The average molecular weight is 404 g/mol. The smallest absolute Gasteiger partial charge is 0.344 e. The topological polar surface area (TPSA) is 99.0 Å². The molecule has 2 amide bonds. The van der Waals surface area contributed by atoms with Gasteiger partial charge in [0, 0.05) is 28.2 Å². The van der Waals surface area contributed by atoms with E-state index in [0.717, 1.165) is 0 Å². The minimum absolute atomic E-state index is 0.164. The number of urea groups is 1. The van der Waals surface area contributed by atoms with Crippen LogP contribution < -0.4 is 30.5 Å². The van der Waals surface area contributed by atoms with Crippen molar-refractivity contribution in [2.24, 2.45) is 0 Å². The van der Waals surface area contributed by atoms with Gasteiger partial charge in [0.2, 0.25) is 6.79 Å². The number of hydrogen-bond acceptors (Lipinski definition) is 6. The molecule has 0 unspecified atom stereocenters. The molecule has 2 heterocycles. The zero-order valence-electron chi connectivity index (χ0n) is 15.9. The summed E-state index contributed by atoms with van der Waals surface area (Å²) in [6, 6.07) is 14.9. The molecule has 5 rings (SSSR count). The maximum absolute atomic E-state index is 12.4. The van der Waals surface area contributed by atoms with Crippen LogP contribution in [0.15, 0.2) is 63.8 Å². The summed E-state index contributed by atoms with van der Waals surface area (Å²) in [6.45, 7) is 0.164. The molecule has 1 aromatic heterocycles. The number of benzene rings is 3. The quantitative estimate of drug-likeness (QED) is 0.390. The van der Waals surface area contributed by atoms with Gasteiger partial charge in [0.1, 0.15) is 11.3 Å². The second kappa shape index (κ2) is 7.00. The molecule has 2 N–H and O–H groups in total. The Morgan fingerprint density at radius 3 is 2.47 bits per heavy atom. The Hall–Kier alpha value is -4.20. The standard InChI is InChI=1S/C22H16N2O6/c1-27-14-4-5-15-16(10-14)17-8-12(2-6-18(17)30-21(15)25)23-22(26)24-13-3-7-19-20(9-13)29-11-28-19/h2-10H,11H2,1H3,(H2,23,24,26). The molecule has 4 aromatic rings. The zero-order chi connectivity index (χ0) is 20.7. The number of anilines is 2. The number of amides is 2. The van der Waals surface area contributed by atoms with E-state index < -0.39 is 11.7 Å². The Balaban J connectivity index is 1.45. The molecule has 3 aromatic carbocycles. The van der Waals surface area contributed by atoms with E-state index in [-0.39, 0.29) is 6.79 Å². The van der Waals surface area contributed by atoms with E-state index in [1.165, 1.54) is 0 Å². The van der Waals surface area contributed by atoms with Gasteiger partial charge in [-0.3, -0.25) is 0 Å². The molecule has 0 aliphatic carbocycles. The lowest BCUT2D eigenvalue weighted by molar-refractivity contribution is 0.174. The van der Waals surface area contributed by atoms with E-state index >= 15 is 0 Å². The van der Waals surface area contributed by atoms with Crippen LogP contribution in [-0.2, 0) is 0 Å². The van der Waals surface area contributed by atoms with Crippen molar-refractivity contribution < 1.29 is 23.4 Å². The van der Waals surface area contributed by atoms with Gasteiger partial charge in [0.05, 0.1) is 12.5 Å². The fourth-order valence-electron chi connectivity index (χ4n) is 3.38. The number of rotatable bonds is 3. The van der Waals surface area contributed by atoms with E-state index in [1.54, 1.807) is 61.7 Å². The van der Waals surface area contributed by atoms with Crippen molar-refractivity contribution in [3.05, 3.63) is 65.0 Å². The fraction of sp³-hybridized carbons (Fsp3) is 0.0909. The average Bonchev–Trinajstić information content (AvgIpc) is 3.22. The van der Waals surface area contributed by atoms with Crippen LogP contribution in [0.1, 0.15) is 0 Å². The second-order valence-electron chi connectivity index (χ2n) is 6.66. The van der Waals surface area contributed by atoms with Crippen molar-refractivity contribution in [2.45, 2.75) is 0 Å². The summed E-state index contributed by atoms with van der Waals surface area (Å²) >= 11 is 0. The third-order valence-corrected chi connectivity index (χ3v) is 4.81. The van der Waals surface area contributed by atoms with Crippen LogP contribution in [0.3, 0.4) is 0 Å². The predicted molar refractivity (Wildman–Crippen MR) is 112 cm³/mol. The summed E-state index contributed by atoms with van der Waals surface area (Å²) in [5.41, 5.74) is 1.10. The summed E-state index contributed by atoms with van der Waals surface area (Å²) in [5, 5.41) is 7.34. The Morgan fingerprint density at radius 2 is 1.63 bits per heavy atom. The second-order valence-corrected chi connectivity index (χ2v) is 6.66. The first-order valence-corrected chi connectivity index (χ1v) is 9.13. The Kier molecular flexibility index (Phi) is 4.17. The van der Waals surface area contributed by atoms with Crippen LogP contribution in [-0.4, -0.2) is 19.9 Å². The maximum atomic E-state index is 12.4. The van der Waals surface area contributed by atoms with Gasteiger partial charge in [-0.05, 0) is 48.5 Å². The van der Waals surface area contributed by atoms with E-state index in [0.29, 0.717) is 50.4 Å². The number of nitrogens with one attached hydrogen (secondary N) is 2. The molecule has 1 aliphatic heterocycles. The highest BCUT2D eigenvalue weighted by molar-refractivity contribution is 6.07. The lowest BCUT2D eigenvalue weighted by Crippen LogP contribution is -2.19. The van der Waals surface area contributed by atoms with Crippen LogP contribution in [0.2, 0.25) is 0 Å². The van der Waals surface area contributed by atoms with Crippen LogP contribution in [0, 0.1) is 0 Å². The van der Waals surface area contributed by atoms with E-state index in [2.05, 4.69) is 10.6 Å². The lowest BCUT2D eigenvalue weighted by Gasteiger charge is -2.10. The summed E-state index contributed by atoms with van der Waals surface area (Å²) in [4.78, 5) is 24.7. The monoisotopic (exact) mass is 404 g/mol. The molecular formula is C22H16N2O6. The molecule has 0 spiro atoms. The number of methoxy groups -OCH3 is 1. The van der Waals surface area contributed by atoms with E-state index in [1.807, 2.05) is 0 Å². The Bertz CT molecular complexity index is 1360. The maximum Gasteiger partial charge on any atom is 0.344 e. The molecule has 0 saturated carbocycles. The predicted octanol–water partition coefficient (Wildman–Crippen LogP) is 4.33. The molecule has 0 bridgehead atoms. The third kappa shape index (κ3) is 3.14. The molecule has 30 heavy (non-hydrogen) atoms. The Labute approximate surface area is 170 Å². The number of hydrogen-bond donors (Lipinski definition) is 2. The van der Waals surface area contributed by atoms with Gasteiger partial charge in [0.15, 0.2) is 11.5 Å². The van der Waals surface area contributed by atoms with Crippen molar-refractivity contribution in [2.75, 3.05) is 24.5 Å². The van der Waals surface area contributed by atoms with Crippen molar-refractivity contribution in [3.63, 3.8) is 0 Å². The first-order chi connectivity index (χ1) is 14.6. The van der Waals surface area contributed by atoms with Crippen molar-refractivity contribution in [1.29, 1.82) is 0 Å². The summed E-state index contributed by atoms with van der Waals surface area (Å²) in [5.74, 6) is 1.83. The summed E-state index contributed by atoms with van der Waals surface area (Å²) < 4.78 is 21.2. The largest absolute Gasteiger partial charge is 0.497 e. The van der Waals surface area contributed by atoms with E-state index in [4.69, 9.17) is 18.6 Å². The minimum atomic E-state index is -0.429. The van der Waals surface area contributed by atoms with Gasteiger partial charge in [0.25, 0.3) is 0 Å². The van der Waals surface area contributed by atoms with Crippen molar-refractivity contribution >= 4 is 39.1 Å². The number of carbonyl (C=O) groups excluding carboxylic acids is 1. The van der Waals surface area contributed by atoms with E-state index in [9.17, 15) is 9.59 Å². The molecular weight excluding hydrogens is 388 g/mol. The fourth-order valence-corrected chi connectivity index (χ4v) is 3.38. The number of carbonyl (C=O) groups is 1. The number of ether oxygens (including phenoxy) is 3. The van der Waals surface area contributed by atoms with Crippen LogP contribution >= 0.6 is 0 Å². The molecule has 0 fully saturated rings. The lowest BCUT2D eigenvalue weighted by atomic mass is 10.1. The van der Waals surface area contributed by atoms with Crippen LogP contribution in [0.4, 0.5) is 16.2 Å². The molecule has 8 nitrogen and oxygen atoms in total. The Morgan fingerprint density at radius 1 is 0.867 bits per heavy atom. The van der Waals surface area contributed by atoms with Crippen LogP contribution in [0.5, 0.6) is 17.2 Å². The molecule has 8 heteroatoms. The molecule has 0 saturated heterocycles. The molecule has 1 aliphatic rings. The SMILES string of the molecule is COc1ccc2c(=O)oc3ccc(NC(=O)Nc4ccc5c(c4)OCO5)cc3c2c1. The molecule has 150 valence electrons. The van der Waals surface area contributed by atoms with Gasteiger partial charge < -0.3 is 29.3 Å². The highest BCUT2D eigenvalue weighted by Gasteiger charge is 2.15. The summed E-state index contributed by atoms with van der Waals surface area (Å²) in [7, 11) is 1.56. The van der Waals surface area contributed by atoms with Crippen molar-refractivity contribution in [1.82, 2.24) is 0 Å². The molecule has 0 atom stereocenters. The highest BCUT2D eigenvalue weighted by Crippen LogP contribution is 2.34. The zero-order valence-corrected chi connectivity index (χ0v) is 15.9.